The van der Waals surface area contributed by atoms with Gasteiger partial charge in [-0.1, -0.05) is 53.8 Å². The summed E-state index contributed by atoms with van der Waals surface area (Å²) in [6.07, 6.45) is 1.84. The molecule has 170 valence electrons. The zero-order valence-corrected chi connectivity index (χ0v) is 19.4. The van der Waals surface area contributed by atoms with E-state index >= 15 is 0 Å². The second-order valence-corrected chi connectivity index (χ2v) is 10.8. The summed E-state index contributed by atoms with van der Waals surface area (Å²) < 4.78 is 39.8. The van der Waals surface area contributed by atoms with Gasteiger partial charge in [-0.15, -0.1) is 0 Å². The van der Waals surface area contributed by atoms with Gasteiger partial charge >= 0.3 is 0 Å². The number of pyridine rings is 1. The number of anilines is 1. The zero-order valence-electron chi connectivity index (χ0n) is 17.7. The van der Waals surface area contributed by atoms with Gasteiger partial charge in [0.1, 0.15) is 11.3 Å². The first kappa shape index (κ1) is 23.0. The van der Waals surface area contributed by atoms with Gasteiger partial charge in [-0.2, -0.15) is 0 Å². The maximum absolute atomic E-state index is 14.2. The molecule has 4 aromatic rings. The number of sulfone groups is 1. The third kappa shape index (κ3) is 6.00. The van der Waals surface area contributed by atoms with E-state index in [0.29, 0.717) is 15.5 Å². The third-order valence-corrected chi connectivity index (χ3v) is 7.74. The van der Waals surface area contributed by atoms with Crippen molar-refractivity contribution in [1.29, 1.82) is 0 Å². The summed E-state index contributed by atoms with van der Waals surface area (Å²) in [5, 5.41) is 0.359. The van der Waals surface area contributed by atoms with E-state index in [9.17, 15) is 17.6 Å². The summed E-state index contributed by atoms with van der Waals surface area (Å²) in [6, 6.07) is 19.0. The van der Waals surface area contributed by atoms with Crippen molar-refractivity contribution in [3.05, 3.63) is 90.0 Å². The Balaban J connectivity index is 1.49. The Labute approximate surface area is 195 Å². The highest BCUT2D eigenvalue weighted by Gasteiger charge is 2.22. The molecule has 2 aromatic carbocycles. The Morgan fingerprint density at radius 3 is 2.52 bits per heavy atom. The van der Waals surface area contributed by atoms with Gasteiger partial charge in [0.15, 0.2) is 15.0 Å². The van der Waals surface area contributed by atoms with Crippen molar-refractivity contribution in [2.24, 2.45) is 0 Å². The van der Waals surface area contributed by atoms with Crippen LogP contribution in [0.3, 0.4) is 0 Å². The minimum atomic E-state index is -3.35. The van der Waals surface area contributed by atoms with Gasteiger partial charge in [-0.3, -0.25) is 14.7 Å². The summed E-state index contributed by atoms with van der Waals surface area (Å²) in [4.78, 5) is 23.2. The number of thiazole rings is 1. The van der Waals surface area contributed by atoms with Gasteiger partial charge in [0, 0.05) is 12.6 Å². The van der Waals surface area contributed by atoms with E-state index in [1.54, 1.807) is 54.7 Å². The molecule has 4 rings (SSSR count). The number of para-hydroxylation sites is 1. The predicted molar refractivity (Wildman–Crippen MR) is 128 cm³/mol. The number of benzene rings is 2. The Hall–Kier alpha value is -3.17. The van der Waals surface area contributed by atoms with Crippen LogP contribution in [0.4, 0.5) is 9.52 Å². The highest BCUT2D eigenvalue weighted by Crippen LogP contribution is 2.31. The van der Waals surface area contributed by atoms with Crippen LogP contribution < -0.4 is 4.90 Å². The number of nitrogens with zero attached hydrogens (tertiary/aromatic N) is 3. The smallest absolute Gasteiger partial charge is 0.229 e. The molecule has 2 aromatic heterocycles. The molecular weight excluding hydrogens is 461 g/mol. The van der Waals surface area contributed by atoms with E-state index in [4.69, 9.17) is 0 Å². The Kier molecular flexibility index (Phi) is 7.10. The largest absolute Gasteiger partial charge is 0.282 e. The fraction of sp³-hybridized carbons (Fsp3) is 0.208. The van der Waals surface area contributed by atoms with Crippen LogP contribution in [0.15, 0.2) is 72.9 Å². The second kappa shape index (κ2) is 10.2. The van der Waals surface area contributed by atoms with Gasteiger partial charge in [0.05, 0.1) is 28.4 Å². The number of hydrogen-bond acceptors (Lipinski definition) is 6. The average Bonchev–Trinajstić information content (AvgIpc) is 3.24. The first-order valence-electron chi connectivity index (χ1n) is 10.4. The van der Waals surface area contributed by atoms with Gasteiger partial charge in [0.2, 0.25) is 5.91 Å². The maximum Gasteiger partial charge on any atom is 0.229 e. The maximum atomic E-state index is 14.2. The molecule has 0 radical (unpaired) electrons. The molecule has 1 amide bonds. The van der Waals surface area contributed by atoms with E-state index < -0.39 is 15.7 Å². The van der Waals surface area contributed by atoms with E-state index in [1.807, 2.05) is 12.1 Å². The van der Waals surface area contributed by atoms with Crippen LogP contribution in [0, 0.1) is 5.82 Å². The normalized spacial score (nSPS) is 11.5. The van der Waals surface area contributed by atoms with Crippen LogP contribution in [0.1, 0.15) is 24.1 Å². The molecule has 0 fully saturated rings. The molecule has 6 nitrogen and oxygen atoms in total. The van der Waals surface area contributed by atoms with E-state index in [2.05, 4.69) is 9.97 Å². The molecule has 0 aliphatic heterocycles. The summed E-state index contributed by atoms with van der Waals surface area (Å²) in [7, 11) is -3.35. The lowest BCUT2D eigenvalue weighted by Crippen LogP contribution is -2.31. The molecule has 0 aliphatic carbocycles. The summed E-state index contributed by atoms with van der Waals surface area (Å²) >= 11 is 1.22. The summed E-state index contributed by atoms with van der Waals surface area (Å²) in [5.41, 5.74) is 1.58. The monoisotopic (exact) mass is 483 g/mol. The molecule has 0 unspecified atom stereocenters. The zero-order chi connectivity index (χ0) is 23.3. The van der Waals surface area contributed by atoms with E-state index in [-0.39, 0.29) is 42.3 Å². The molecule has 0 aliphatic rings. The van der Waals surface area contributed by atoms with Crippen LogP contribution in [0.25, 0.3) is 10.2 Å². The standard InChI is InChI=1S/C24H22FN3O3S2/c25-20-11-6-12-21-23(20)27-24(32-21)28(16-19-10-4-5-14-26-19)22(29)13-7-15-33(30,31)17-18-8-2-1-3-9-18/h1-6,8-12,14H,7,13,15-17H2. The molecule has 0 atom stereocenters. The number of hydrogen-bond donors (Lipinski definition) is 0. The summed E-state index contributed by atoms with van der Waals surface area (Å²) in [5.74, 6) is -0.890. The highest BCUT2D eigenvalue weighted by atomic mass is 32.2. The fourth-order valence-corrected chi connectivity index (χ4v) is 5.84. The van der Waals surface area contributed by atoms with Gasteiger partial charge in [-0.05, 0) is 36.2 Å². The molecule has 0 spiro atoms. The van der Waals surface area contributed by atoms with E-state index in [0.717, 1.165) is 5.56 Å². The molecule has 9 heteroatoms. The molecule has 2 heterocycles. The minimum Gasteiger partial charge on any atom is -0.282 e. The number of carbonyl (C=O) groups is 1. The number of carbonyl (C=O) groups excluding carboxylic acids is 1. The molecular formula is C24H22FN3O3S2. The second-order valence-electron chi connectivity index (χ2n) is 7.57. The predicted octanol–water partition coefficient (Wildman–Crippen LogP) is 4.76. The summed E-state index contributed by atoms with van der Waals surface area (Å²) in [6.45, 7) is 0.165. The SMILES string of the molecule is O=C(CCCS(=O)(=O)Cc1ccccc1)N(Cc1ccccn1)c1nc2c(F)cccc2s1. The van der Waals surface area contributed by atoms with Gasteiger partial charge in [0.25, 0.3) is 0 Å². The number of fused-ring (bicyclic) bond motifs is 1. The quantitative estimate of drug-likeness (QED) is 0.343. The fourth-order valence-electron chi connectivity index (χ4n) is 3.41. The average molecular weight is 484 g/mol. The topological polar surface area (TPSA) is 80.2 Å². The minimum absolute atomic E-state index is 0.0270. The van der Waals surface area contributed by atoms with Crippen LogP contribution in [0.2, 0.25) is 0 Å². The van der Waals surface area contributed by atoms with Crippen molar-refractivity contribution in [3.8, 4) is 0 Å². The number of halogens is 1. The van der Waals surface area contributed by atoms with Crippen molar-refractivity contribution in [2.75, 3.05) is 10.7 Å². The number of amides is 1. The Morgan fingerprint density at radius 2 is 1.79 bits per heavy atom. The molecule has 0 saturated carbocycles. The van der Waals surface area contributed by atoms with Crippen LogP contribution in [0.5, 0.6) is 0 Å². The first-order chi connectivity index (χ1) is 15.9. The molecule has 0 bridgehead atoms. The van der Waals surface area contributed by atoms with Crippen molar-refractivity contribution >= 4 is 42.4 Å². The molecule has 0 N–H and O–H groups in total. The highest BCUT2D eigenvalue weighted by molar-refractivity contribution is 7.90. The first-order valence-corrected chi connectivity index (χ1v) is 13.0. The van der Waals surface area contributed by atoms with Crippen LogP contribution in [-0.2, 0) is 26.9 Å². The molecule has 0 saturated heterocycles. The lowest BCUT2D eigenvalue weighted by molar-refractivity contribution is -0.118. The lowest BCUT2D eigenvalue weighted by atomic mass is 10.2. The Bertz CT molecular complexity index is 1340. The third-order valence-electron chi connectivity index (χ3n) is 5.01. The van der Waals surface area contributed by atoms with E-state index in [1.165, 1.54) is 22.3 Å². The van der Waals surface area contributed by atoms with Gasteiger partial charge in [-0.25, -0.2) is 17.8 Å². The van der Waals surface area contributed by atoms with Gasteiger partial charge < -0.3 is 0 Å². The van der Waals surface area contributed by atoms with Crippen LogP contribution >= 0.6 is 11.3 Å². The number of rotatable bonds is 9. The molecule has 33 heavy (non-hydrogen) atoms. The number of aromatic nitrogens is 2. The van der Waals surface area contributed by atoms with Crippen molar-refractivity contribution in [2.45, 2.75) is 25.1 Å². The van der Waals surface area contributed by atoms with Crippen molar-refractivity contribution in [3.63, 3.8) is 0 Å². The lowest BCUT2D eigenvalue weighted by Gasteiger charge is -2.19. The van der Waals surface area contributed by atoms with Crippen molar-refractivity contribution < 1.29 is 17.6 Å². The van der Waals surface area contributed by atoms with Crippen molar-refractivity contribution in [1.82, 2.24) is 9.97 Å². The van der Waals surface area contributed by atoms with Crippen LogP contribution in [-0.4, -0.2) is 30.0 Å². The Morgan fingerprint density at radius 1 is 1.00 bits per heavy atom.